The summed E-state index contributed by atoms with van der Waals surface area (Å²) in [5.41, 5.74) is 0.867. The molecule has 10 nitrogen and oxygen atoms in total. The second-order valence-corrected chi connectivity index (χ2v) is 9.83. The molecule has 0 spiro atoms. The number of nitrogens with one attached hydrogen (secondary N) is 3. The lowest BCUT2D eigenvalue weighted by Crippen LogP contribution is -2.49. The largest absolute Gasteiger partial charge is 0.484 e. The molecule has 0 saturated heterocycles. The van der Waals surface area contributed by atoms with Gasteiger partial charge >= 0.3 is 12.1 Å². The number of halogens is 1. The highest BCUT2D eigenvalue weighted by Crippen LogP contribution is 2.39. The number of thiophene rings is 1. The first-order valence-electron chi connectivity index (χ1n) is 9.88. The second-order valence-electron chi connectivity index (χ2n) is 7.19. The maximum Gasteiger partial charge on any atom is 0.409 e. The molecule has 1 aromatic heterocycles. The van der Waals surface area contributed by atoms with Crippen molar-refractivity contribution < 1.29 is 32.2 Å². The van der Waals surface area contributed by atoms with E-state index >= 15 is 0 Å². The maximum absolute atomic E-state index is 13.4. The summed E-state index contributed by atoms with van der Waals surface area (Å²) in [7, 11) is -4.17. The van der Waals surface area contributed by atoms with E-state index in [0.717, 1.165) is 28.6 Å². The molecule has 1 aliphatic rings. The zero-order valence-electron chi connectivity index (χ0n) is 17.4. The third-order valence-corrected chi connectivity index (χ3v) is 7.29. The number of ether oxygens (including phenoxy) is 1. The van der Waals surface area contributed by atoms with Crippen molar-refractivity contribution in [1.82, 2.24) is 5.32 Å². The average molecular weight is 507 g/mol. The molecule has 3 aromatic rings. The Bertz CT molecular complexity index is 1300. The van der Waals surface area contributed by atoms with Gasteiger partial charge in [0.25, 0.3) is 10.0 Å². The van der Waals surface area contributed by atoms with Crippen LogP contribution < -0.4 is 25.0 Å². The van der Waals surface area contributed by atoms with Gasteiger partial charge in [-0.1, -0.05) is 0 Å². The topological polar surface area (TPSA) is 137 Å². The van der Waals surface area contributed by atoms with E-state index in [9.17, 15) is 22.4 Å². The van der Waals surface area contributed by atoms with Gasteiger partial charge < -0.3 is 20.5 Å². The number of carbonyl (C=O) groups excluding carboxylic acids is 1. The van der Waals surface area contributed by atoms with E-state index in [1.165, 1.54) is 29.5 Å². The molecule has 0 radical (unpaired) electrons. The van der Waals surface area contributed by atoms with Crippen LogP contribution in [0.25, 0.3) is 0 Å². The first-order chi connectivity index (χ1) is 16.2. The quantitative estimate of drug-likeness (QED) is 0.402. The van der Waals surface area contributed by atoms with Crippen molar-refractivity contribution in [2.75, 3.05) is 28.0 Å². The number of benzene rings is 2. The van der Waals surface area contributed by atoms with Crippen LogP contribution in [0.2, 0.25) is 0 Å². The zero-order valence-corrected chi connectivity index (χ0v) is 19.0. The minimum Gasteiger partial charge on any atom is -0.484 e. The number of rotatable bonds is 6. The van der Waals surface area contributed by atoms with Gasteiger partial charge in [0.2, 0.25) is 0 Å². The third-order valence-electron chi connectivity index (χ3n) is 4.81. The Labute approximate surface area is 198 Å². The van der Waals surface area contributed by atoms with Gasteiger partial charge in [0.15, 0.2) is 0 Å². The van der Waals surface area contributed by atoms with Crippen LogP contribution in [0, 0.1) is 5.82 Å². The maximum atomic E-state index is 13.4. The first-order valence-corrected chi connectivity index (χ1v) is 12.3. The van der Waals surface area contributed by atoms with Gasteiger partial charge in [0.05, 0.1) is 29.4 Å². The molecule has 3 amide bonds. The van der Waals surface area contributed by atoms with Gasteiger partial charge in [0, 0.05) is 11.1 Å². The van der Waals surface area contributed by atoms with Crippen LogP contribution in [0.3, 0.4) is 0 Å². The number of amides is 3. The van der Waals surface area contributed by atoms with E-state index in [1.807, 2.05) is 5.38 Å². The summed E-state index contributed by atoms with van der Waals surface area (Å²) in [5.74, 6) is -0.411. The molecular weight excluding hydrogens is 487 g/mol. The SMILES string of the molecule is O=C(O)Nc1ccc2c(c1)N(S(=O)(=O)c1ccc(F)cc1)CC(CNC(=O)Nc1ccsc1)O2. The van der Waals surface area contributed by atoms with Gasteiger partial charge in [0.1, 0.15) is 17.7 Å². The van der Waals surface area contributed by atoms with Crippen molar-refractivity contribution in [2.24, 2.45) is 0 Å². The normalized spacial score (nSPS) is 15.1. The van der Waals surface area contributed by atoms with Gasteiger partial charge in [-0.15, -0.1) is 0 Å². The molecule has 178 valence electrons. The van der Waals surface area contributed by atoms with E-state index < -0.39 is 34.1 Å². The van der Waals surface area contributed by atoms with Crippen molar-refractivity contribution in [3.8, 4) is 5.75 Å². The van der Waals surface area contributed by atoms with Crippen molar-refractivity contribution in [3.05, 3.63) is 65.1 Å². The number of carbonyl (C=O) groups is 2. The van der Waals surface area contributed by atoms with Gasteiger partial charge in [-0.05, 0) is 53.9 Å². The predicted octanol–water partition coefficient (Wildman–Crippen LogP) is 3.76. The van der Waals surface area contributed by atoms with Gasteiger partial charge in [-0.2, -0.15) is 11.3 Å². The monoisotopic (exact) mass is 506 g/mol. The zero-order chi connectivity index (χ0) is 24.3. The number of carboxylic acid groups (broad SMARTS) is 1. The Kier molecular flexibility index (Phi) is 6.56. The highest BCUT2D eigenvalue weighted by molar-refractivity contribution is 7.92. The molecule has 0 fully saturated rings. The molecule has 13 heteroatoms. The molecule has 1 atom stereocenters. The Morgan fingerprint density at radius 3 is 2.56 bits per heavy atom. The Morgan fingerprint density at radius 2 is 1.88 bits per heavy atom. The first kappa shape index (κ1) is 23.3. The molecule has 2 aromatic carbocycles. The lowest BCUT2D eigenvalue weighted by Gasteiger charge is -2.35. The van der Waals surface area contributed by atoms with E-state index in [2.05, 4.69) is 16.0 Å². The summed E-state index contributed by atoms with van der Waals surface area (Å²) in [5, 5.41) is 20.0. The lowest BCUT2D eigenvalue weighted by atomic mass is 10.2. The summed E-state index contributed by atoms with van der Waals surface area (Å²) >= 11 is 1.42. The molecule has 4 rings (SSSR count). The van der Waals surface area contributed by atoms with E-state index in [-0.39, 0.29) is 35.1 Å². The fourth-order valence-corrected chi connectivity index (χ4v) is 5.38. The Morgan fingerprint density at radius 1 is 1.12 bits per heavy atom. The van der Waals surface area contributed by atoms with Crippen LogP contribution in [0.15, 0.2) is 64.2 Å². The molecule has 2 heterocycles. The average Bonchev–Trinajstić information content (AvgIpc) is 3.30. The lowest BCUT2D eigenvalue weighted by molar-refractivity contribution is 0.194. The number of urea groups is 1. The predicted molar refractivity (Wildman–Crippen MR) is 125 cm³/mol. The van der Waals surface area contributed by atoms with Crippen LogP contribution in [0.1, 0.15) is 0 Å². The standard InChI is InChI=1S/C21H19FN4O6S2/c22-13-1-4-17(5-2-13)34(30,31)26-11-16(10-23-20(27)24-15-7-8-33-12-15)32-19-6-3-14(9-18(19)26)25-21(28)29/h1-9,12,16,25H,10-11H2,(H,28,29)(H2,23,24,27). The summed E-state index contributed by atoms with van der Waals surface area (Å²) in [6.45, 7) is -0.193. The smallest absolute Gasteiger partial charge is 0.409 e. The van der Waals surface area contributed by atoms with Crippen molar-refractivity contribution in [1.29, 1.82) is 0 Å². The molecule has 34 heavy (non-hydrogen) atoms. The van der Waals surface area contributed by atoms with Crippen LogP contribution in [0.5, 0.6) is 5.75 Å². The summed E-state index contributed by atoms with van der Waals surface area (Å²) in [6.07, 6.45) is -2.07. The summed E-state index contributed by atoms with van der Waals surface area (Å²) in [6, 6.07) is 9.78. The molecule has 1 aliphatic heterocycles. The fraction of sp³-hybridized carbons (Fsp3) is 0.143. The molecule has 0 aliphatic carbocycles. The third kappa shape index (κ3) is 5.21. The number of nitrogens with zero attached hydrogens (tertiary/aromatic N) is 1. The summed E-state index contributed by atoms with van der Waals surface area (Å²) in [4.78, 5) is 23.0. The second kappa shape index (κ2) is 9.57. The molecule has 0 bridgehead atoms. The van der Waals surface area contributed by atoms with Crippen molar-refractivity contribution >= 4 is 50.5 Å². The van der Waals surface area contributed by atoms with Crippen LogP contribution in [0.4, 0.5) is 31.0 Å². The van der Waals surface area contributed by atoms with E-state index in [4.69, 9.17) is 9.84 Å². The Balaban J connectivity index is 1.60. The van der Waals surface area contributed by atoms with Crippen LogP contribution in [-0.4, -0.2) is 44.8 Å². The molecule has 1 unspecified atom stereocenters. The molecule has 4 N–H and O–H groups in total. The fourth-order valence-electron chi connectivity index (χ4n) is 3.30. The number of hydrogen-bond donors (Lipinski definition) is 4. The van der Waals surface area contributed by atoms with Gasteiger partial charge in [-0.3, -0.25) is 9.62 Å². The number of hydrogen-bond acceptors (Lipinski definition) is 6. The number of fused-ring (bicyclic) bond motifs is 1. The van der Waals surface area contributed by atoms with E-state index in [0.29, 0.717) is 5.69 Å². The van der Waals surface area contributed by atoms with Crippen molar-refractivity contribution in [2.45, 2.75) is 11.0 Å². The van der Waals surface area contributed by atoms with Crippen LogP contribution in [-0.2, 0) is 10.0 Å². The molecular formula is C21H19FN4O6S2. The van der Waals surface area contributed by atoms with Crippen molar-refractivity contribution in [3.63, 3.8) is 0 Å². The minimum absolute atomic E-state index is 0.0139. The van der Waals surface area contributed by atoms with Gasteiger partial charge in [-0.25, -0.2) is 22.4 Å². The number of anilines is 3. The molecule has 0 saturated carbocycles. The minimum atomic E-state index is -4.17. The number of sulfonamides is 1. The van der Waals surface area contributed by atoms with Crippen LogP contribution >= 0.6 is 11.3 Å². The van der Waals surface area contributed by atoms with E-state index in [1.54, 1.807) is 11.4 Å². The Hall–Kier alpha value is -3.84. The summed E-state index contributed by atoms with van der Waals surface area (Å²) < 4.78 is 47.1. The highest BCUT2D eigenvalue weighted by atomic mass is 32.2. The highest BCUT2D eigenvalue weighted by Gasteiger charge is 2.35.